The molecule has 0 aromatic heterocycles. The molecule has 0 fully saturated rings. The molecule has 1 N–H and O–H groups in total. The van der Waals surface area contributed by atoms with E-state index in [1.807, 2.05) is 0 Å². The molecule has 18 nitrogen and oxygen atoms in total. The standard InChI is InChI=1S/C16H34O6S.2C14H30O6S.2Na/c1-3-5-8-16(4-2)15-22-13-12-21-11-10-20-9-6-7-14-23(17,18)19;2*1-2-3-4-5-8-18-10-12-20-13-11-19-9-6-7-14-21(15,16)17;;/h16H,3-15H2,1-2H3,(H,17,18,19);2*2-14H2,1H3,(H,15,16,17);;/q;;;2*+1/p-2. The Bertz CT molecular complexity index is 1210. The first kappa shape index (κ1) is 77.3. The van der Waals surface area contributed by atoms with Gasteiger partial charge in [-0.15, -0.1) is 0 Å². The van der Waals surface area contributed by atoms with Crippen molar-refractivity contribution >= 4 is 30.4 Å². The van der Waals surface area contributed by atoms with Crippen molar-refractivity contribution < 1.29 is 141 Å². The van der Waals surface area contributed by atoms with Crippen LogP contribution in [-0.4, -0.2) is 175 Å². The van der Waals surface area contributed by atoms with Crippen molar-refractivity contribution in [3.8, 4) is 0 Å². The van der Waals surface area contributed by atoms with E-state index in [4.69, 9.17) is 47.2 Å². The number of rotatable bonds is 49. The van der Waals surface area contributed by atoms with E-state index in [1.54, 1.807) is 0 Å². The number of unbranched alkanes of at least 4 members (excludes halogenated alkanes) is 10. The molecule has 0 aliphatic carbocycles. The summed E-state index contributed by atoms with van der Waals surface area (Å²) in [5.74, 6) is -0.187. The number of hydrogen-bond donors (Lipinski definition) is 1. The number of ether oxygens (including phenoxy) is 9. The van der Waals surface area contributed by atoms with Gasteiger partial charge in [0.25, 0.3) is 10.1 Å². The second-order valence-corrected chi connectivity index (χ2v) is 20.1. The van der Waals surface area contributed by atoms with Crippen molar-refractivity contribution in [3.63, 3.8) is 0 Å². The van der Waals surface area contributed by atoms with E-state index in [2.05, 4.69) is 27.7 Å². The molecular weight excluding hydrogens is 959 g/mol. The van der Waals surface area contributed by atoms with Crippen molar-refractivity contribution in [3.05, 3.63) is 0 Å². The van der Waals surface area contributed by atoms with Crippen LogP contribution >= 0.6 is 0 Å². The van der Waals surface area contributed by atoms with Gasteiger partial charge >= 0.3 is 59.1 Å². The summed E-state index contributed by atoms with van der Waals surface area (Å²) in [4.78, 5) is 0. The van der Waals surface area contributed by atoms with Crippen LogP contribution in [0.25, 0.3) is 0 Å². The van der Waals surface area contributed by atoms with E-state index in [0.717, 1.165) is 39.1 Å². The molecule has 0 aromatic rings. The molecule has 0 heterocycles. The van der Waals surface area contributed by atoms with Gasteiger partial charge in [-0.3, -0.25) is 4.55 Å². The molecule has 1 atom stereocenters. The molecule has 0 aliphatic heterocycles. The van der Waals surface area contributed by atoms with Crippen LogP contribution in [0.1, 0.15) is 143 Å². The van der Waals surface area contributed by atoms with Crippen molar-refractivity contribution in [2.75, 3.05) is 136 Å². The minimum absolute atomic E-state index is 0. The maximum Gasteiger partial charge on any atom is 1.00 e. The Morgan fingerprint density at radius 3 is 0.896 bits per heavy atom. The van der Waals surface area contributed by atoms with Gasteiger partial charge in [-0.05, 0) is 63.7 Å². The fourth-order valence-corrected chi connectivity index (χ4v) is 7.07. The molecule has 0 rings (SSSR count). The van der Waals surface area contributed by atoms with Gasteiger partial charge in [0.15, 0.2) is 0 Å². The second kappa shape index (κ2) is 59.9. The zero-order chi connectivity index (χ0) is 49.0. The molecule has 0 radical (unpaired) electrons. The maximum absolute atomic E-state index is 10.5. The normalized spacial score (nSPS) is 12.0. The average Bonchev–Trinajstić information content (AvgIpc) is 3.24. The zero-order valence-corrected chi connectivity index (χ0v) is 49.2. The summed E-state index contributed by atoms with van der Waals surface area (Å²) in [5, 5.41) is 0. The summed E-state index contributed by atoms with van der Waals surface area (Å²) in [6.07, 6.45) is 17.4. The maximum atomic E-state index is 10.5. The number of hydrogen-bond acceptors (Lipinski definition) is 17. The SMILES string of the molecule is CCCCC(CC)COCCOCCOCCCCS(=O)(=O)O.CCCCCCOCCOCCOCCCCS(=O)(=O)[O-].CCCCCCOCCOCCOCCCCS(=O)(=O)[O-].[Na+].[Na+]. The molecule has 396 valence electrons. The van der Waals surface area contributed by atoms with Crippen LogP contribution in [0.5, 0.6) is 0 Å². The van der Waals surface area contributed by atoms with E-state index in [1.165, 1.54) is 57.8 Å². The third-order valence-corrected chi connectivity index (χ3v) is 11.6. The zero-order valence-electron chi connectivity index (χ0n) is 42.8. The second-order valence-electron chi connectivity index (χ2n) is 15.4. The van der Waals surface area contributed by atoms with E-state index in [-0.39, 0.29) is 76.4 Å². The Morgan fingerprint density at radius 2 is 0.627 bits per heavy atom. The van der Waals surface area contributed by atoms with Gasteiger partial charge in [0.1, 0.15) is 0 Å². The summed E-state index contributed by atoms with van der Waals surface area (Å²) in [7, 11) is -12.0. The Hall–Kier alpha value is 1.37. The quantitative estimate of drug-likeness (QED) is 0.0503. The molecule has 0 spiro atoms. The Labute approximate surface area is 452 Å². The fourth-order valence-electron chi connectivity index (χ4n) is 5.39. The largest absolute Gasteiger partial charge is 1.00 e. The molecule has 0 amide bonds. The topological polar surface area (TPSA) is 252 Å². The molecule has 0 saturated heterocycles. The fraction of sp³-hybridized carbons (Fsp3) is 1.00. The summed E-state index contributed by atoms with van der Waals surface area (Å²) in [5.41, 5.74) is 0. The van der Waals surface area contributed by atoms with E-state index >= 15 is 0 Å². The molecule has 1 unspecified atom stereocenters. The van der Waals surface area contributed by atoms with Gasteiger partial charge in [-0.1, -0.05) is 85.5 Å². The van der Waals surface area contributed by atoms with Crippen LogP contribution in [0.3, 0.4) is 0 Å². The van der Waals surface area contributed by atoms with Gasteiger partial charge in [0.2, 0.25) is 0 Å². The first-order valence-electron chi connectivity index (χ1n) is 24.1. The first-order valence-corrected chi connectivity index (χ1v) is 28.9. The van der Waals surface area contributed by atoms with Crippen LogP contribution in [0, 0.1) is 5.92 Å². The van der Waals surface area contributed by atoms with Crippen LogP contribution in [0.2, 0.25) is 0 Å². The molecule has 67 heavy (non-hydrogen) atoms. The molecule has 0 aromatic carbocycles. The summed E-state index contributed by atoms with van der Waals surface area (Å²) >= 11 is 0. The smallest absolute Gasteiger partial charge is 0.748 e. The van der Waals surface area contributed by atoms with Gasteiger partial charge in [0.05, 0.1) is 105 Å². The summed E-state index contributed by atoms with van der Waals surface area (Å²) in [6.45, 7) is 19.0. The monoisotopic (exact) mass is 1050 g/mol. The molecule has 0 bridgehead atoms. The first-order chi connectivity index (χ1) is 31.1. The van der Waals surface area contributed by atoms with Crippen molar-refractivity contribution in [2.24, 2.45) is 5.92 Å². The molecular formula is C44H92Na2O18S3. The van der Waals surface area contributed by atoms with Crippen LogP contribution in [-0.2, 0) is 73.0 Å². The average molecular weight is 1050 g/mol. The van der Waals surface area contributed by atoms with Gasteiger partial charge < -0.3 is 51.7 Å². The van der Waals surface area contributed by atoms with Crippen molar-refractivity contribution in [2.45, 2.75) is 143 Å². The molecule has 0 aliphatic rings. The van der Waals surface area contributed by atoms with Crippen LogP contribution < -0.4 is 59.1 Å². The van der Waals surface area contributed by atoms with Crippen molar-refractivity contribution in [1.29, 1.82) is 0 Å². The Balaban J connectivity index is -0.000000283. The Kier molecular flexibility index (Phi) is 69.1. The van der Waals surface area contributed by atoms with Crippen LogP contribution in [0.4, 0.5) is 0 Å². The Morgan fingerprint density at radius 1 is 0.358 bits per heavy atom. The molecule has 0 saturated carbocycles. The van der Waals surface area contributed by atoms with E-state index in [9.17, 15) is 34.4 Å². The minimum atomic E-state index is -4.09. The summed E-state index contributed by atoms with van der Waals surface area (Å²) in [6, 6.07) is 0. The van der Waals surface area contributed by atoms with Gasteiger partial charge in [-0.2, -0.15) is 8.42 Å². The summed E-state index contributed by atoms with van der Waals surface area (Å²) < 4.78 is 140. The minimum Gasteiger partial charge on any atom is -0.748 e. The predicted molar refractivity (Wildman–Crippen MR) is 252 cm³/mol. The van der Waals surface area contributed by atoms with Gasteiger partial charge in [-0.25, -0.2) is 16.8 Å². The van der Waals surface area contributed by atoms with Crippen molar-refractivity contribution in [1.82, 2.24) is 0 Å². The van der Waals surface area contributed by atoms with Crippen LogP contribution in [0.15, 0.2) is 0 Å². The van der Waals surface area contributed by atoms with Gasteiger partial charge in [0, 0.05) is 51.1 Å². The third kappa shape index (κ3) is 81.7. The molecule has 23 heteroatoms. The predicted octanol–water partition coefficient (Wildman–Crippen LogP) is 0.812. The van der Waals surface area contributed by atoms with E-state index < -0.39 is 30.4 Å². The van der Waals surface area contributed by atoms with E-state index in [0.29, 0.717) is 144 Å². The third-order valence-electron chi connectivity index (χ3n) is 9.22.